The molecule has 2 aromatic carbocycles. The molecule has 2 amide bonds. The van der Waals surface area contributed by atoms with Crippen LogP contribution in [0.15, 0.2) is 53.6 Å². The van der Waals surface area contributed by atoms with E-state index in [2.05, 4.69) is 28.7 Å². The van der Waals surface area contributed by atoms with Crippen LogP contribution in [-0.2, 0) is 16.6 Å². The molecule has 5 nitrogen and oxygen atoms in total. The molecule has 1 atom stereocenters. The van der Waals surface area contributed by atoms with Crippen LogP contribution in [0.1, 0.15) is 37.5 Å². The highest BCUT2D eigenvalue weighted by Crippen LogP contribution is 2.42. The number of anilines is 1. The lowest BCUT2D eigenvalue weighted by molar-refractivity contribution is -0.122. The van der Waals surface area contributed by atoms with Gasteiger partial charge in [-0.25, -0.2) is 5.43 Å². The zero-order chi connectivity index (χ0) is 19.9. The third-order valence-corrected chi connectivity index (χ3v) is 6.32. The van der Waals surface area contributed by atoms with Gasteiger partial charge in [-0.3, -0.25) is 9.59 Å². The Hall–Kier alpha value is -2.60. The first-order valence-electron chi connectivity index (χ1n) is 9.43. The number of thioether (sulfide) groups is 1. The Kier molecular flexibility index (Phi) is 4.75. The van der Waals surface area contributed by atoms with Crippen molar-refractivity contribution in [2.24, 2.45) is 5.10 Å². The van der Waals surface area contributed by atoms with Crippen LogP contribution in [0.3, 0.4) is 0 Å². The second-order valence-electron chi connectivity index (χ2n) is 7.71. The minimum Gasteiger partial charge on any atom is -0.311 e. The van der Waals surface area contributed by atoms with E-state index in [-0.39, 0.29) is 16.4 Å². The van der Waals surface area contributed by atoms with Crippen molar-refractivity contribution in [2.45, 2.75) is 37.9 Å². The van der Waals surface area contributed by atoms with E-state index in [0.717, 1.165) is 28.9 Å². The largest absolute Gasteiger partial charge is 0.311 e. The van der Waals surface area contributed by atoms with Gasteiger partial charge in [-0.05, 0) is 56.0 Å². The van der Waals surface area contributed by atoms with Crippen LogP contribution < -0.4 is 10.3 Å². The van der Waals surface area contributed by atoms with E-state index < -0.39 is 5.41 Å². The average molecular weight is 394 g/mol. The van der Waals surface area contributed by atoms with Crippen LogP contribution in [0.5, 0.6) is 0 Å². The second kappa shape index (κ2) is 7.09. The van der Waals surface area contributed by atoms with Gasteiger partial charge < -0.3 is 4.90 Å². The molecule has 0 fully saturated rings. The Bertz CT molecular complexity index is 969. The van der Waals surface area contributed by atoms with Crippen LogP contribution >= 0.6 is 11.8 Å². The molecule has 28 heavy (non-hydrogen) atoms. The highest BCUT2D eigenvalue weighted by atomic mass is 32.2. The summed E-state index contributed by atoms with van der Waals surface area (Å²) in [6, 6.07) is 16.3. The number of carbonyl (C=O) groups excluding carboxylic acids is 2. The van der Waals surface area contributed by atoms with Crippen molar-refractivity contribution in [3.05, 3.63) is 65.2 Å². The zero-order valence-corrected chi connectivity index (χ0v) is 17.0. The minimum atomic E-state index is -0.586. The first kappa shape index (κ1) is 18.7. The fraction of sp³-hybridized carbons (Fsp3) is 0.318. The summed E-state index contributed by atoms with van der Waals surface area (Å²) in [5.74, 6) is 0.122. The van der Waals surface area contributed by atoms with Gasteiger partial charge in [0.25, 0.3) is 5.24 Å². The molecule has 4 rings (SSSR count). The molecule has 0 saturated carbocycles. The van der Waals surface area contributed by atoms with E-state index in [4.69, 9.17) is 0 Å². The van der Waals surface area contributed by atoms with Crippen LogP contribution in [0.4, 0.5) is 10.5 Å². The van der Waals surface area contributed by atoms with Crippen LogP contribution in [0, 0.1) is 0 Å². The minimum absolute atomic E-state index is 0.0267. The lowest BCUT2D eigenvalue weighted by Crippen LogP contribution is -2.37. The first-order valence-corrected chi connectivity index (χ1v) is 10.3. The van der Waals surface area contributed by atoms with E-state index in [9.17, 15) is 9.59 Å². The van der Waals surface area contributed by atoms with Crippen molar-refractivity contribution in [3.8, 4) is 0 Å². The normalized spacial score (nSPS) is 20.6. The number of benzene rings is 2. The molecule has 2 aliphatic rings. The first-order chi connectivity index (χ1) is 13.4. The number of hydrogen-bond donors (Lipinski definition) is 1. The molecule has 0 aliphatic carbocycles. The van der Waals surface area contributed by atoms with Crippen molar-refractivity contribution in [3.63, 3.8) is 0 Å². The molecular weight excluding hydrogens is 370 g/mol. The smallest absolute Gasteiger partial charge is 0.299 e. The lowest BCUT2D eigenvalue weighted by Gasteiger charge is -2.20. The summed E-state index contributed by atoms with van der Waals surface area (Å²) in [6.45, 7) is 6.58. The number of hydrazone groups is 1. The molecule has 1 unspecified atom stereocenters. The highest BCUT2D eigenvalue weighted by molar-refractivity contribution is 8.14. The van der Waals surface area contributed by atoms with Gasteiger partial charge in [0.2, 0.25) is 5.91 Å². The summed E-state index contributed by atoms with van der Waals surface area (Å²) >= 11 is 1.23. The summed E-state index contributed by atoms with van der Waals surface area (Å²) in [4.78, 5) is 26.5. The molecular formula is C22H23N3O2S. The van der Waals surface area contributed by atoms with Gasteiger partial charge in [-0.1, -0.05) is 48.2 Å². The van der Waals surface area contributed by atoms with Crippen LogP contribution in [0.25, 0.3) is 0 Å². The number of carbonyl (C=O) groups is 2. The molecule has 2 aromatic rings. The maximum atomic E-state index is 13.1. The van der Waals surface area contributed by atoms with Gasteiger partial charge in [-0.2, -0.15) is 5.10 Å². The van der Waals surface area contributed by atoms with Crippen molar-refractivity contribution < 1.29 is 9.59 Å². The number of nitrogens with one attached hydrogen (secondary N) is 1. The van der Waals surface area contributed by atoms with Gasteiger partial charge in [0.05, 0.1) is 16.4 Å². The third-order valence-electron chi connectivity index (χ3n) is 5.44. The van der Waals surface area contributed by atoms with Crippen LogP contribution in [0.2, 0.25) is 0 Å². The summed E-state index contributed by atoms with van der Waals surface area (Å²) in [7, 11) is 0. The predicted octanol–water partition coefficient (Wildman–Crippen LogP) is 4.10. The standard InChI is InChI=1S/C22H23N3O2S/c1-14-19(23-24-21(27)28-14)16-9-10-18-17(13-16)22(2,3)20(26)25(18)12-11-15-7-5-4-6-8-15/h4-10,13-14H,11-12H2,1-3H3,(H,24,27). The van der Waals surface area contributed by atoms with Gasteiger partial charge in [0, 0.05) is 12.2 Å². The molecule has 0 radical (unpaired) electrons. The Morgan fingerprint density at radius 3 is 2.61 bits per heavy atom. The van der Waals surface area contributed by atoms with Crippen molar-refractivity contribution in [2.75, 3.05) is 11.4 Å². The predicted molar refractivity (Wildman–Crippen MR) is 114 cm³/mol. The van der Waals surface area contributed by atoms with E-state index in [1.54, 1.807) is 0 Å². The Morgan fingerprint density at radius 2 is 1.89 bits per heavy atom. The Balaban J connectivity index is 1.65. The fourth-order valence-electron chi connectivity index (χ4n) is 3.84. The number of nitrogens with zero attached hydrogens (tertiary/aromatic N) is 2. The topological polar surface area (TPSA) is 61.8 Å². The van der Waals surface area contributed by atoms with E-state index in [1.807, 2.05) is 56.0 Å². The van der Waals surface area contributed by atoms with Gasteiger partial charge in [0.1, 0.15) is 0 Å². The SMILES string of the molecule is CC1SC(=O)NN=C1c1ccc2c(c1)C(C)(C)C(=O)N2CCc1ccccc1. The number of rotatable bonds is 4. The van der Waals surface area contributed by atoms with Crippen molar-refractivity contribution >= 4 is 34.3 Å². The van der Waals surface area contributed by atoms with E-state index >= 15 is 0 Å². The Labute approximate surface area is 169 Å². The molecule has 2 aliphatic heterocycles. The molecule has 0 saturated heterocycles. The second-order valence-corrected chi connectivity index (χ2v) is 9.02. The maximum Gasteiger partial charge on any atom is 0.299 e. The summed E-state index contributed by atoms with van der Waals surface area (Å²) in [6.07, 6.45) is 0.816. The zero-order valence-electron chi connectivity index (χ0n) is 16.2. The Morgan fingerprint density at radius 1 is 1.14 bits per heavy atom. The van der Waals surface area contributed by atoms with E-state index in [1.165, 1.54) is 17.3 Å². The monoisotopic (exact) mass is 393 g/mol. The van der Waals surface area contributed by atoms with Gasteiger partial charge >= 0.3 is 0 Å². The number of hydrogen-bond acceptors (Lipinski definition) is 4. The third kappa shape index (κ3) is 3.22. The summed E-state index contributed by atoms with van der Waals surface area (Å²) in [5.41, 5.74) is 6.93. The average Bonchev–Trinajstić information content (AvgIpc) is 2.87. The fourth-order valence-corrected chi connectivity index (χ4v) is 4.56. The van der Waals surface area contributed by atoms with E-state index in [0.29, 0.717) is 6.54 Å². The molecule has 1 N–H and O–H groups in total. The summed E-state index contributed by atoms with van der Waals surface area (Å²) in [5, 5.41) is 4.08. The molecule has 144 valence electrons. The summed E-state index contributed by atoms with van der Waals surface area (Å²) < 4.78 is 0. The molecule has 2 heterocycles. The quantitative estimate of drug-likeness (QED) is 0.851. The van der Waals surface area contributed by atoms with Crippen molar-refractivity contribution in [1.29, 1.82) is 0 Å². The molecule has 6 heteroatoms. The lowest BCUT2D eigenvalue weighted by atomic mass is 9.85. The molecule has 0 bridgehead atoms. The van der Waals surface area contributed by atoms with Gasteiger partial charge in [-0.15, -0.1) is 0 Å². The molecule has 0 aromatic heterocycles. The van der Waals surface area contributed by atoms with Gasteiger partial charge in [0.15, 0.2) is 0 Å². The maximum absolute atomic E-state index is 13.1. The highest BCUT2D eigenvalue weighted by Gasteiger charge is 2.44. The molecule has 0 spiro atoms. The van der Waals surface area contributed by atoms with Crippen LogP contribution in [-0.4, -0.2) is 28.7 Å². The van der Waals surface area contributed by atoms with Crippen molar-refractivity contribution in [1.82, 2.24) is 5.43 Å². The number of fused-ring (bicyclic) bond motifs is 1. The number of amides is 2.